The Morgan fingerprint density at radius 3 is 2.54 bits per heavy atom. The van der Waals surface area contributed by atoms with Crippen molar-refractivity contribution in [2.45, 2.75) is 31.8 Å². The Morgan fingerprint density at radius 1 is 1.15 bits per heavy atom. The molecule has 2 aromatic rings. The lowest BCUT2D eigenvalue weighted by Gasteiger charge is -2.21. The molecule has 2 aromatic carbocycles. The van der Waals surface area contributed by atoms with Crippen LogP contribution in [0.3, 0.4) is 0 Å². The number of methoxy groups -OCH3 is 1. The Hall–Kier alpha value is -2.61. The van der Waals surface area contributed by atoms with E-state index < -0.39 is 21.9 Å². The highest BCUT2D eigenvalue weighted by molar-refractivity contribution is 7.87. The van der Waals surface area contributed by atoms with Crippen LogP contribution < -0.4 is 8.92 Å². The van der Waals surface area contributed by atoms with Crippen molar-refractivity contribution in [1.82, 2.24) is 0 Å². The summed E-state index contributed by atoms with van der Waals surface area (Å²) in [6.45, 7) is 3.87. The molecule has 1 aliphatic heterocycles. The second kappa shape index (κ2) is 8.18. The quantitative estimate of drug-likeness (QED) is 0.597. The number of fused-ring (bicyclic) bond motifs is 1. The van der Waals surface area contributed by atoms with Gasteiger partial charge in [0.05, 0.1) is 13.5 Å². The van der Waals surface area contributed by atoms with Crippen LogP contribution in [0.4, 0.5) is 4.39 Å². The first-order valence-corrected chi connectivity index (χ1v) is 9.36. The third kappa shape index (κ3) is 4.13. The van der Waals surface area contributed by atoms with Gasteiger partial charge in [-0.2, -0.15) is 8.42 Å². The highest BCUT2D eigenvalue weighted by Crippen LogP contribution is 2.38. The zero-order chi connectivity index (χ0) is 19.3. The summed E-state index contributed by atoms with van der Waals surface area (Å²) in [7, 11) is -2.92. The molecule has 140 valence electrons. The van der Waals surface area contributed by atoms with Crippen LogP contribution >= 0.6 is 0 Å². The van der Waals surface area contributed by atoms with E-state index in [2.05, 4.69) is 0 Å². The predicted octanol–water partition coefficient (Wildman–Crippen LogP) is 3.23. The van der Waals surface area contributed by atoms with E-state index in [4.69, 9.17) is 13.7 Å². The fraction of sp³-hybridized carbons (Fsp3) is 0.278. The van der Waals surface area contributed by atoms with Gasteiger partial charge in [-0.05, 0) is 29.8 Å². The SMILES string of the molecule is CC.COc1ccc2c(c1OS(=O)(=O)c1cccc(F)c1)COC(=O)C2. The van der Waals surface area contributed by atoms with Gasteiger partial charge in [-0.15, -0.1) is 0 Å². The molecular weight excluding hydrogens is 363 g/mol. The fourth-order valence-electron chi connectivity index (χ4n) is 2.36. The molecule has 0 aliphatic carbocycles. The van der Waals surface area contributed by atoms with E-state index in [0.717, 1.165) is 12.1 Å². The summed E-state index contributed by atoms with van der Waals surface area (Å²) < 4.78 is 53.4. The van der Waals surface area contributed by atoms with Crippen molar-refractivity contribution in [3.63, 3.8) is 0 Å². The summed E-state index contributed by atoms with van der Waals surface area (Å²) in [4.78, 5) is 11.1. The van der Waals surface area contributed by atoms with Gasteiger partial charge in [0, 0.05) is 5.56 Å². The van der Waals surface area contributed by atoms with E-state index in [1.54, 1.807) is 6.07 Å². The number of cyclic esters (lactones) is 1. The Labute approximate surface area is 151 Å². The summed E-state index contributed by atoms with van der Waals surface area (Å²) >= 11 is 0. The molecule has 6 nitrogen and oxygen atoms in total. The number of esters is 1. The monoisotopic (exact) mass is 382 g/mol. The molecule has 26 heavy (non-hydrogen) atoms. The van der Waals surface area contributed by atoms with Crippen LogP contribution in [0.15, 0.2) is 41.3 Å². The van der Waals surface area contributed by atoms with Gasteiger partial charge in [-0.3, -0.25) is 4.79 Å². The number of hydrogen-bond acceptors (Lipinski definition) is 6. The zero-order valence-electron chi connectivity index (χ0n) is 14.6. The van der Waals surface area contributed by atoms with E-state index in [1.807, 2.05) is 13.8 Å². The van der Waals surface area contributed by atoms with Gasteiger partial charge in [-0.1, -0.05) is 26.0 Å². The third-order valence-electron chi connectivity index (χ3n) is 3.53. The summed E-state index contributed by atoms with van der Waals surface area (Å²) in [5.41, 5.74) is 1.01. The summed E-state index contributed by atoms with van der Waals surface area (Å²) in [6, 6.07) is 7.64. The van der Waals surface area contributed by atoms with Crippen LogP contribution in [-0.4, -0.2) is 21.5 Å². The third-order valence-corrected chi connectivity index (χ3v) is 4.75. The maximum Gasteiger partial charge on any atom is 0.339 e. The molecule has 0 saturated carbocycles. The summed E-state index contributed by atoms with van der Waals surface area (Å²) in [5.74, 6) is -0.999. The maximum atomic E-state index is 13.3. The van der Waals surface area contributed by atoms with Crippen molar-refractivity contribution in [1.29, 1.82) is 0 Å². The Kier molecular flexibility index (Phi) is 6.20. The van der Waals surface area contributed by atoms with Crippen molar-refractivity contribution in [3.05, 3.63) is 53.3 Å². The van der Waals surface area contributed by atoms with Crippen LogP contribution in [0, 0.1) is 5.82 Å². The molecule has 0 saturated heterocycles. The lowest BCUT2D eigenvalue weighted by Crippen LogP contribution is -2.19. The molecule has 3 rings (SSSR count). The van der Waals surface area contributed by atoms with Gasteiger partial charge in [0.2, 0.25) is 0 Å². The molecule has 0 spiro atoms. The maximum absolute atomic E-state index is 13.3. The fourth-order valence-corrected chi connectivity index (χ4v) is 3.36. The zero-order valence-corrected chi connectivity index (χ0v) is 15.4. The highest BCUT2D eigenvalue weighted by atomic mass is 32.2. The summed E-state index contributed by atoms with van der Waals surface area (Å²) in [5, 5.41) is 0. The van der Waals surface area contributed by atoms with E-state index in [9.17, 15) is 17.6 Å². The Bertz CT molecular complexity index is 908. The number of ether oxygens (including phenoxy) is 2. The smallest absolute Gasteiger partial charge is 0.339 e. The highest BCUT2D eigenvalue weighted by Gasteiger charge is 2.27. The van der Waals surface area contributed by atoms with Crippen LogP contribution in [-0.2, 0) is 32.7 Å². The van der Waals surface area contributed by atoms with Gasteiger partial charge in [0.25, 0.3) is 0 Å². The molecule has 8 heteroatoms. The lowest BCUT2D eigenvalue weighted by molar-refractivity contribution is -0.145. The average Bonchev–Trinajstić information content (AvgIpc) is 2.63. The topological polar surface area (TPSA) is 78.9 Å². The number of rotatable bonds is 4. The molecule has 0 amide bonds. The molecule has 0 radical (unpaired) electrons. The Morgan fingerprint density at radius 2 is 1.88 bits per heavy atom. The second-order valence-corrected chi connectivity index (χ2v) is 6.61. The van der Waals surface area contributed by atoms with E-state index >= 15 is 0 Å². The minimum Gasteiger partial charge on any atom is -0.493 e. The number of carbonyl (C=O) groups is 1. The number of halogens is 1. The molecule has 1 heterocycles. The van der Waals surface area contributed by atoms with Gasteiger partial charge in [-0.25, -0.2) is 4.39 Å². The summed E-state index contributed by atoms with van der Waals surface area (Å²) in [6.07, 6.45) is 0.00962. The first-order chi connectivity index (χ1) is 12.4. The van der Waals surface area contributed by atoms with Gasteiger partial charge < -0.3 is 13.7 Å². The van der Waals surface area contributed by atoms with Gasteiger partial charge in [0.1, 0.15) is 17.3 Å². The first-order valence-electron chi connectivity index (χ1n) is 7.95. The standard InChI is InChI=1S/C16H13FO6S.C2H6/c1-21-14-6-5-10-7-15(18)22-9-13(10)16(14)23-24(19,20)12-4-2-3-11(17)8-12;1-2/h2-6,8H,7,9H2,1H3;1-2H3. The Balaban J connectivity index is 0.00000117. The van der Waals surface area contributed by atoms with E-state index in [0.29, 0.717) is 11.1 Å². The second-order valence-electron chi connectivity index (χ2n) is 5.07. The molecule has 0 aromatic heterocycles. The number of carbonyl (C=O) groups excluding carboxylic acids is 1. The largest absolute Gasteiger partial charge is 0.493 e. The predicted molar refractivity (Wildman–Crippen MR) is 92.1 cm³/mol. The first kappa shape index (κ1) is 19.7. The van der Waals surface area contributed by atoms with Crippen LogP contribution in [0.1, 0.15) is 25.0 Å². The average molecular weight is 382 g/mol. The van der Waals surface area contributed by atoms with Gasteiger partial charge >= 0.3 is 16.1 Å². The minimum absolute atomic E-state index is 0.00962. The van der Waals surface area contributed by atoms with E-state index in [-0.39, 0.29) is 29.4 Å². The van der Waals surface area contributed by atoms with Crippen molar-refractivity contribution in [2.24, 2.45) is 0 Å². The normalized spacial score (nSPS) is 13.0. The minimum atomic E-state index is -4.28. The van der Waals surface area contributed by atoms with E-state index in [1.165, 1.54) is 25.3 Å². The van der Waals surface area contributed by atoms with Crippen molar-refractivity contribution in [3.8, 4) is 11.5 Å². The van der Waals surface area contributed by atoms with Crippen LogP contribution in [0.2, 0.25) is 0 Å². The van der Waals surface area contributed by atoms with Crippen molar-refractivity contribution < 1.29 is 31.3 Å². The van der Waals surface area contributed by atoms with Crippen molar-refractivity contribution >= 4 is 16.1 Å². The molecule has 0 atom stereocenters. The number of benzene rings is 2. The number of hydrogen-bond donors (Lipinski definition) is 0. The lowest BCUT2D eigenvalue weighted by atomic mass is 10.0. The molecule has 0 N–H and O–H groups in total. The van der Waals surface area contributed by atoms with Crippen LogP contribution in [0.25, 0.3) is 0 Å². The molecule has 0 unspecified atom stereocenters. The molecule has 0 fully saturated rings. The molecule has 0 bridgehead atoms. The molecule has 1 aliphatic rings. The molecular formula is C18H19FO6S. The van der Waals surface area contributed by atoms with Crippen molar-refractivity contribution in [2.75, 3.05) is 7.11 Å². The van der Waals surface area contributed by atoms with Gasteiger partial charge in [0.15, 0.2) is 11.5 Å². The van der Waals surface area contributed by atoms with Crippen LogP contribution in [0.5, 0.6) is 11.5 Å².